The summed E-state index contributed by atoms with van der Waals surface area (Å²) >= 11 is 0. The molecule has 0 atom stereocenters. The molecule has 148 valence electrons. The number of aryl methyl sites for hydroxylation is 1. The molecule has 0 amide bonds. The van der Waals surface area contributed by atoms with E-state index < -0.39 is 0 Å². The minimum Gasteiger partial charge on any atom is -0.364 e. The number of halogens is 2. The van der Waals surface area contributed by atoms with Crippen molar-refractivity contribution in [2.45, 2.75) is 51.1 Å². The van der Waals surface area contributed by atoms with E-state index in [1.54, 1.807) is 12.4 Å². The summed E-state index contributed by atoms with van der Waals surface area (Å²) in [6.45, 7) is 4.62. The van der Waals surface area contributed by atoms with E-state index in [-0.39, 0.29) is 24.8 Å². The van der Waals surface area contributed by atoms with Crippen LogP contribution in [0.4, 0.5) is 11.8 Å². The van der Waals surface area contributed by atoms with Gasteiger partial charge in [0.25, 0.3) is 0 Å². The van der Waals surface area contributed by atoms with Gasteiger partial charge in [-0.25, -0.2) is 4.98 Å². The summed E-state index contributed by atoms with van der Waals surface area (Å²) in [5.41, 5.74) is 8.90. The number of hydrogen-bond donors (Lipinski definition) is 2. The van der Waals surface area contributed by atoms with Crippen LogP contribution in [0.5, 0.6) is 0 Å². The Hall–Kier alpha value is -1.70. The standard InChI is InChI=1S/C18H25N7.2ClH/c1-12-9-21-15(10-20-12)11-22-17-8-16(13-6-14(19)7-13)23-18(24-17)25-4-2-3-5-25;;/h8-10,13-14H,2-7,11,19H2,1H3,(H,22,23,24);2*1H. The van der Waals surface area contributed by atoms with Gasteiger partial charge in [-0.3, -0.25) is 9.97 Å². The molecule has 1 aliphatic carbocycles. The molecule has 4 rings (SSSR count). The third kappa shape index (κ3) is 5.18. The third-order valence-electron chi connectivity index (χ3n) is 5.00. The first kappa shape index (κ1) is 21.6. The molecule has 1 saturated carbocycles. The second-order valence-corrected chi connectivity index (χ2v) is 7.10. The Labute approximate surface area is 172 Å². The lowest BCUT2D eigenvalue weighted by Crippen LogP contribution is -2.35. The van der Waals surface area contributed by atoms with Gasteiger partial charge < -0.3 is 16.0 Å². The Morgan fingerprint density at radius 3 is 2.48 bits per heavy atom. The largest absolute Gasteiger partial charge is 0.364 e. The maximum absolute atomic E-state index is 5.97. The lowest BCUT2D eigenvalue weighted by molar-refractivity contribution is 0.345. The molecule has 27 heavy (non-hydrogen) atoms. The van der Waals surface area contributed by atoms with Crippen molar-refractivity contribution in [3.63, 3.8) is 0 Å². The zero-order valence-corrected chi connectivity index (χ0v) is 17.1. The predicted molar refractivity (Wildman–Crippen MR) is 112 cm³/mol. The highest BCUT2D eigenvalue weighted by atomic mass is 35.5. The van der Waals surface area contributed by atoms with Crippen molar-refractivity contribution in [2.75, 3.05) is 23.3 Å². The summed E-state index contributed by atoms with van der Waals surface area (Å²) in [5, 5.41) is 3.39. The summed E-state index contributed by atoms with van der Waals surface area (Å²) in [5.74, 6) is 2.15. The molecule has 3 N–H and O–H groups in total. The summed E-state index contributed by atoms with van der Waals surface area (Å²) in [6.07, 6.45) is 8.04. The van der Waals surface area contributed by atoms with Gasteiger partial charge in [0.1, 0.15) is 5.82 Å². The molecule has 1 saturated heterocycles. The second kappa shape index (κ2) is 9.48. The highest BCUT2D eigenvalue weighted by molar-refractivity contribution is 5.85. The van der Waals surface area contributed by atoms with Gasteiger partial charge in [-0.05, 0) is 32.6 Å². The summed E-state index contributed by atoms with van der Waals surface area (Å²) < 4.78 is 0. The van der Waals surface area contributed by atoms with Gasteiger partial charge in [-0.2, -0.15) is 4.98 Å². The fourth-order valence-corrected chi connectivity index (χ4v) is 3.41. The van der Waals surface area contributed by atoms with E-state index in [1.165, 1.54) is 12.8 Å². The first-order valence-electron chi connectivity index (χ1n) is 9.08. The van der Waals surface area contributed by atoms with Crippen LogP contribution in [0.1, 0.15) is 48.7 Å². The zero-order chi connectivity index (χ0) is 17.2. The highest BCUT2D eigenvalue weighted by Crippen LogP contribution is 2.36. The van der Waals surface area contributed by atoms with Gasteiger partial charge in [-0.1, -0.05) is 0 Å². The van der Waals surface area contributed by atoms with Gasteiger partial charge in [-0.15, -0.1) is 24.8 Å². The van der Waals surface area contributed by atoms with Crippen LogP contribution in [0.3, 0.4) is 0 Å². The summed E-state index contributed by atoms with van der Waals surface area (Å²) in [7, 11) is 0. The Bertz CT molecular complexity index is 729. The van der Waals surface area contributed by atoms with Crippen LogP contribution in [0.2, 0.25) is 0 Å². The molecule has 2 fully saturated rings. The quantitative estimate of drug-likeness (QED) is 0.780. The molecule has 2 aromatic rings. The maximum atomic E-state index is 5.97. The molecular formula is C18H27Cl2N7. The average molecular weight is 412 g/mol. The fourth-order valence-electron chi connectivity index (χ4n) is 3.41. The highest BCUT2D eigenvalue weighted by Gasteiger charge is 2.30. The molecule has 9 heteroatoms. The van der Waals surface area contributed by atoms with Crippen LogP contribution in [0, 0.1) is 6.92 Å². The van der Waals surface area contributed by atoms with Crippen LogP contribution < -0.4 is 16.0 Å². The first-order valence-corrected chi connectivity index (χ1v) is 9.08. The smallest absolute Gasteiger partial charge is 0.227 e. The van der Waals surface area contributed by atoms with Crippen molar-refractivity contribution < 1.29 is 0 Å². The lowest BCUT2D eigenvalue weighted by atomic mass is 9.78. The average Bonchev–Trinajstić information content (AvgIpc) is 3.13. The van der Waals surface area contributed by atoms with Gasteiger partial charge in [0.2, 0.25) is 5.95 Å². The molecule has 7 nitrogen and oxygen atoms in total. The van der Waals surface area contributed by atoms with Crippen molar-refractivity contribution >= 4 is 36.6 Å². The molecular weight excluding hydrogens is 385 g/mol. The number of anilines is 2. The molecule has 0 unspecified atom stereocenters. The van der Waals surface area contributed by atoms with Crippen LogP contribution in [0.25, 0.3) is 0 Å². The second-order valence-electron chi connectivity index (χ2n) is 7.10. The maximum Gasteiger partial charge on any atom is 0.227 e. The van der Waals surface area contributed by atoms with Crippen molar-refractivity contribution in [3.05, 3.63) is 35.5 Å². The van der Waals surface area contributed by atoms with Gasteiger partial charge in [0, 0.05) is 37.3 Å². The zero-order valence-electron chi connectivity index (χ0n) is 15.5. The molecule has 1 aliphatic heterocycles. The monoisotopic (exact) mass is 411 g/mol. The van der Waals surface area contributed by atoms with Gasteiger partial charge in [0.05, 0.1) is 29.8 Å². The van der Waals surface area contributed by atoms with E-state index in [4.69, 9.17) is 15.7 Å². The Kier molecular flexibility index (Phi) is 7.59. The summed E-state index contributed by atoms with van der Waals surface area (Å²) in [6, 6.07) is 2.38. The number of rotatable bonds is 5. The van der Waals surface area contributed by atoms with Gasteiger partial charge in [0.15, 0.2) is 0 Å². The van der Waals surface area contributed by atoms with Gasteiger partial charge >= 0.3 is 0 Å². The minimum atomic E-state index is 0. The van der Waals surface area contributed by atoms with Crippen molar-refractivity contribution in [3.8, 4) is 0 Å². The van der Waals surface area contributed by atoms with E-state index in [2.05, 4.69) is 26.3 Å². The molecule has 2 aromatic heterocycles. The molecule has 0 spiro atoms. The number of aromatic nitrogens is 4. The van der Waals surface area contributed by atoms with E-state index in [0.29, 0.717) is 18.5 Å². The number of nitrogens with two attached hydrogens (primary N) is 1. The Morgan fingerprint density at radius 2 is 1.85 bits per heavy atom. The van der Waals surface area contributed by atoms with Crippen LogP contribution in [-0.2, 0) is 6.54 Å². The number of nitrogens with zero attached hydrogens (tertiary/aromatic N) is 5. The lowest BCUT2D eigenvalue weighted by Gasteiger charge is -2.32. The Balaban J connectivity index is 0.00000131. The number of nitrogens with one attached hydrogen (secondary N) is 1. The molecule has 0 radical (unpaired) electrons. The molecule has 3 heterocycles. The van der Waals surface area contributed by atoms with E-state index in [0.717, 1.165) is 54.8 Å². The van der Waals surface area contributed by atoms with E-state index >= 15 is 0 Å². The topological polar surface area (TPSA) is 92.8 Å². The van der Waals surface area contributed by atoms with Crippen LogP contribution in [0.15, 0.2) is 18.5 Å². The Morgan fingerprint density at radius 1 is 1.11 bits per heavy atom. The van der Waals surface area contributed by atoms with Crippen LogP contribution >= 0.6 is 24.8 Å². The number of hydrogen-bond acceptors (Lipinski definition) is 7. The predicted octanol–water partition coefficient (Wildman–Crippen LogP) is 2.84. The molecule has 0 bridgehead atoms. The van der Waals surface area contributed by atoms with Crippen molar-refractivity contribution in [2.24, 2.45) is 5.73 Å². The minimum absolute atomic E-state index is 0. The van der Waals surface area contributed by atoms with E-state index in [1.807, 2.05) is 6.92 Å². The normalized spacial score (nSPS) is 21.0. The first-order chi connectivity index (χ1) is 12.2. The van der Waals surface area contributed by atoms with Crippen LogP contribution in [-0.4, -0.2) is 39.1 Å². The molecule has 0 aromatic carbocycles. The molecule has 2 aliphatic rings. The third-order valence-corrected chi connectivity index (χ3v) is 5.00. The van der Waals surface area contributed by atoms with Crippen molar-refractivity contribution in [1.82, 2.24) is 19.9 Å². The fraction of sp³-hybridized carbons (Fsp3) is 0.556. The van der Waals surface area contributed by atoms with Crippen molar-refractivity contribution in [1.29, 1.82) is 0 Å². The SMILES string of the molecule is Cc1cnc(CNc2cc(C3CC(N)C3)nc(N3CCCC3)n2)cn1.Cl.Cl. The van der Waals surface area contributed by atoms with E-state index in [9.17, 15) is 0 Å². The summed E-state index contributed by atoms with van der Waals surface area (Å²) in [4.78, 5) is 20.5.